The predicted molar refractivity (Wildman–Crippen MR) is 39.0 cm³/mol. The van der Waals surface area contributed by atoms with Crippen LogP contribution in [-0.2, 0) is 0 Å². The molecule has 1 aliphatic rings. The number of nitrogens with zero attached hydrogens (tertiary/aromatic N) is 1. The molecule has 1 saturated heterocycles. The van der Waals surface area contributed by atoms with Gasteiger partial charge >= 0.3 is 0 Å². The van der Waals surface area contributed by atoms with Gasteiger partial charge in [-0.15, -0.1) is 0 Å². The molecule has 0 spiro atoms. The van der Waals surface area contributed by atoms with Crippen molar-refractivity contribution in [3.8, 4) is 0 Å². The highest BCUT2D eigenvalue weighted by Gasteiger charge is 2.29. The van der Waals surface area contributed by atoms with Crippen molar-refractivity contribution in [3.63, 3.8) is 0 Å². The zero-order chi connectivity index (χ0) is 8.27. The van der Waals surface area contributed by atoms with Gasteiger partial charge in [0.25, 0.3) is 0 Å². The third kappa shape index (κ3) is 2.12. The van der Waals surface area contributed by atoms with Gasteiger partial charge in [0.15, 0.2) is 0 Å². The van der Waals surface area contributed by atoms with E-state index in [0.717, 1.165) is 0 Å². The fourth-order valence-electron chi connectivity index (χ4n) is 1.53. The molecule has 0 aromatic heterocycles. The Morgan fingerprint density at radius 2 is 2.27 bits per heavy atom. The van der Waals surface area contributed by atoms with Crippen LogP contribution in [0.15, 0.2) is 0 Å². The molecule has 1 rings (SSSR count). The first kappa shape index (κ1) is 8.90. The van der Waals surface area contributed by atoms with Crippen molar-refractivity contribution in [2.45, 2.75) is 18.6 Å². The Morgan fingerprint density at radius 3 is 2.82 bits per heavy atom. The summed E-state index contributed by atoms with van der Waals surface area (Å²) in [7, 11) is 0. The van der Waals surface area contributed by atoms with E-state index < -0.39 is 12.8 Å². The highest BCUT2D eigenvalue weighted by atomic mass is 19.1. The lowest BCUT2D eigenvalue weighted by molar-refractivity contribution is 0.148. The molecule has 0 aromatic rings. The second-order valence-corrected chi connectivity index (χ2v) is 2.91. The van der Waals surface area contributed by atoms with E-state index in [1.54, 1.807) is 4.90 Å². The first-order chi connectivity index (χ1) is 5.27. The van der Waals surface area contributed by atoms with Crippen LogP contribution in [0, 0.1) is 0 Å². The van der Waals surface area contributed by atoms with Crippen LogP contribution < -0.4 is 0 Å². The van der Waals surface area contributed by atoms with Crippen molar-refractivity contribution < 1.29 is 14.6 Å². The number of alkyl halides is 1. The average molecular weight is 163 g/mol. The lowest BCUT2D eigenvalue weighted by Crippen LogP contribution is -2.34. The van der Waals surface area contributed by atoms with E-state index >= 15 is 0 Å². The van der Waals surface area contributed by atoms with Crippen LogP contribution in [0.1, 0.15) is 6.42 Å². The molecule has 0 amide bonds. The van der Waals surface area contributed by atoms with E-state index in [2.05, 4.69) is 0 Å². The third-order valence-electron chi connectivity index (χ3n) is 2.09. The lowest BCUT2D eigenvalue weighted by Gasteiger charge is -2.19. The second-order valence-electron chi connectivity index (χ2n) is 2.91. The Labute approximate surface area is 65.4 Å². The van der Waals surface area contributed by atoms with E-state index in [9.17, 15) is 4.39 Å². The first-order valence-corrected chi connectivity index (χ1v) is 3.87. The van der Waals surface area contributed by atoms with Gasteiger partial charge in [0.2, 0.25) is 0 Å². The quantitative estimate of drug-likeness (QED) is 0.583. The number of β-amino-alcohol motifs (C(OH)–C–C–N with tert-alkyl or cyclic N) is 1. The van der Waals surface area contributed by atoms with Crippen LogP contribution in [0.4, 0.5) is 4.39 Å². The maximum absolute atomic E-state index is 11.9. The van der Waals surface area contributed by atoms with Gasteiger partial charge in [-0.2, -0.15) is 0 Å². The molecule has 0 aliphatic carbocycles. The number of hydrogen-bond donors (Lipinski definition) is 2. The summed E-state index contributed by atoms with van der Waals surface area (Å²) >= 11 is 0. The minimum absolute atomic E-state index is 0.0110. The van der Waals surface area contributed by atoms with Gasteiger partial charge in [-0.3, -0.25) is 4.90 Å². The highest BCUT2D eigenvalue weighted by Crippen LogP contribution is 2.16. The molecule has 11 heavy (non-hydrogen) atoms. The van der Waals surface area contributed by atoms with Crippen molar-refractivity contribution in [3.05, 3.63) is 0 Å². The fraction of sp³-hybridized carbons (Fsp3) is 1.00. The summed E-state index contributed by atoms with van der Waals surface area (Å²) in [5.41, 5.74) is 0. The Bertz CT molecular complexity index is 123. The Balaban J connectivity index is 2.37. The molecule has 0 unspecified atom stereocenters. The van der Waals surface area contributed by atoms with Gasteiger partial charge in [0.05, 0.1) is 12.7 Å². The summed E-state index contributed by atoms with van der Waals surface area (Å²) in [6.07, 6.45) is 0.176. The Kier molecular flexibility index (Phi) is 3.23. The minimum Gasteiger partial charge on any atom is -0.395 e. The summed E-state index contributed by atoms with van der Waals surface area (Å²) < 4.78 is 11.9. The van der Waals surface area contributed by atoms with Crippen LogP contribution in [0.3, 0.4) is 0 Å². The van der Waals surface area contributed by atoms with E-state index in [-0.39, 0.29) is 12.6 Å². The number of likely N-dealkylation sites (tertiary alicyclic amines) is 1. The van der Waals surface area contributed by atoms with Gasteiger partial charge in [-0.05, 0) is 6.42 Å². The number of hydrogen-bond acceptors (Lipinski definition) is 3. The summed E-state index contributed by atoms with van der Waals surface area (Å²) in [4.78, 5) is 1.78. The molecule has 2 N–H and O–H groups in total. The zero-order valence-corrected chi connectivity index (χ0v) is 6.41. The van der Waals surface area contributed by atoms with Crippen LogP contribution in [0.25, 0.3) is 0 Å². The van der Waals surface area contributed by atoms with E-state index in [0.29, 0.717) is 19.5 Å². The van der Waals surface area contributed by atoms with Gasteiger partial charge < -0.3 is 10.2 Å². The van der Waals surface area contributed by atoms with Gasteiger partial charge in [-0.25, -0.2) is 4.39 Å². The topological polar surface area (TPSA) is 43.7 Å². The van der Waals surface area contributed by atoms with Gasteiger partial charge in [0.1, 0.15) is 6.67 Å². The van der Waals surface area contributed by atoms with Crippen molar-refractivity contribution in [1.82, 2.24) is 4.90 Å². The maximum atomic E-state index is 11.9. The van der Waals surface area contributed by atoms with E-state index in [1.165, 1.54) is 0 Å². The molecule has 1 heterocycles. The normalized spacial score (nSPS) is 33.0. The second kappa shape index (κ2) is 3.99. The fourth-order valence-corrected chi connectivity index (χ4v) is 1.53. The largest absolute Gasteiger partial charge is 0.395 e. The van der Waals surface area contributed by atoms with Crippen LogP contribution in [0.2, 0.25) is 0 Å². The molecular weight excluding hydrogens is 149 g/mol. The van der Waals surface area contributed by atoms with Gasteiger partial charge in [0, 0.05) is 19.1 Å². The zero-order valence-electron chi connectivity index (χ0n) is 6.41. The minimum atomic E-state index is -0.413. The molecule has 0 radical (unpaired) electrons. The molecular formula is C7H14FNO2. The number of aliphatic hydroxyl groups excluding tert-OH is 2. The van der Waals surface area contributed by atoms with E-state index in [1.807, 2.05) is 0 Å². The van der Waals surface area contributed by atoms with Crippen LogP contribution >= 0.6 is 0 Å². The van der Waals surface area contributed by atoms with Crippen LogP contribution in [0.5, 0.6) is 0 Å². The summed E-state index contributed by atoms with van der Waals surface area (Å²) in [5.74, 6) is 0. The summed E-state index contributed by atoms with van der Waals surface area (Å²) in [5, 5.41) is 18.0. The maximum Gasteiger partial charge on any atom is 0.102 e. The molecule has 4 heteroatoms. The molecule has 0 bridgehead atoms. The van der Waals surface area contributed by atoms with Gasteiger partial charge in [-0.1, -0.05) is 0 Å². The molecule has 1 aliphatic heterocycles. The lowest BCUT2D eigenvalue weighted by atomic mass is 10.2. The van der Waals surface area contributed by atoms with Crippen LogP contribution in [-0.4, -0.2) is 53.6 Å². The predicted octanol–water partition coefficient (Wildman–Crippen LogP) is -0.617. The number of halogens is 1. The highest BCUT2D eigenvalue weighted by molar-refractivity contribution is 4.84. The number of rotatable bonds is 3. The van der Waals surface area contributed by atoms with Crippen molar-refractivity contribution in [2.24, 2.45) is 0 Å². The molecule has 66 valence electrons. The molecule has 1 fully saturated rings. The van der Waals surface area contributed by atoms with E-state index in [4.69, 9.17) is 10.2 Å². The molecule has 2 atom stereocenters. The monoisotopic (exact) mass is 163 g/mol. The van der Waals surface area contributed by atoms with Crippen molar-refractivity contribution >= 4 is 0 Å². The standard InChI is InChI=1S/C7H14FNO2/c8-1-2-9-4-7(11)3-6(9)5-10/h6-7,10-11H,1-5H2/t6-,7-/m0/s1. The first-order valence-electron chi connectivity index (χ1n) is 3.87. The molecule has 3 nitrogen and oxygen atoms in total. The van der Waals surface area contributed by atoms with Crippen molar-refractivity contribution in [2.75, 3.05) is 26.4 Å². The number of aliphatic hydroxyl groups is 2. The summed E-state index contributed by atoms with van der Waals surface area (Å²) in [6, 6.07) is -0.0410. The molecule has 0 aromatic carbocycles. The smallest absolute Gasteiger partial charge is 0.102 e. The Hall–Kier alpha value is -0.190. The molecule has 0 saturated carbocycles. The Morgan fingerprint density at radius 1 is 1.55 bits per heavy atom. The van der Waals surface area contributed by atoms with Crippen molar-refractivity contribution in [1.29, 1.82) is 0 Å². The third-order valence-corrected chi connectivity index (χ3v) is 2.09. The SMILES string of the molecule is OC[C@@H]1C[C@H](O)CN1CCF. The summed E-state index contributed by atoms with van der Waals surface area (Å²) in [6.45, 7) is 0.414. The average Bonchev–Trinajstić information content (AvgIpc) is 2.32.